The van der Waals surface area contributed by atoms with Gasteiger partial charge in [-0.25, -0.2) is 0 Å². The van der Waals surface area contributed by atoms with Gasteiger partial charge in [-0.2, -0.15) is 0 Å². The maximum Gasteiger partial charge on any atom is 0.308 e. The van der Waals surface area contributed by atoms with Crippen LogP contribution in [0, 0.1) is 11.8 Å². The van der Waals surface area contributed by atoms with E-state index in [0.717, 1.165) is 4.90 Å². The van der Waals surface area contributed by atoms with Crippen LogP contribution in [0.15, 0.2) is 29.2 Å². The van der Waals surface area contributed by atoms with Crippen LogP contribution in [0.3, 0.4) is 0 Å². The first-order valence-electron chi connectivity index (χ1n) is 6.59. The van der Waals surface area contributed by atoms with E-state index >= 15 is 0 Å². The summed E-state index contributed by atoms with van der Waals surface area (Å²) >= 11 is 1.61. The number of hydrogen-bond donors (Lipinski definition) is 2. The van der Waals surface area contributed by atoms with Crippen molar-refractivity contribution < 1.29 is 14.7 Å². The van der Waals surface area contributed by atoms with Crippen LogP contribution < -0.4 is 5.32 Å². The van der Waals surface area contributed by atoms with Gasteiger partial charge in [0.15, 0.2) is 0 Å². The van der Waals surface area contributed by atoms with Gasteiger partial charge >= 0.3 is 5.97 Å². The third-order valence-corrected chi connectivity index (χ3v) is 3.71. The summed E-state index contributed by atoms with van der Waals surface area (Å²) in [5.74, 6) is -1.34. The van der Waals surface area contributed by atoms with Crippen LogP contribution in [0.25, 0.3) is 0 Å². The largest absolute Gasteiger partial charge is 0.481 e. The highest BCUT2D eigenvalue weighted by Crippen LogP contribution is 2.15. The van der Waals surface area contributed by atoms with E-state index in [2.05, 4.69) is 5.32 Å². The number of rotatable bonds is 7. The Labute approximate surface area is 124 Å². The zero-order valence-electron chi connectivity index (χ0n) is 12.1. The first kappa shape index (κ1) is 16.6. The van der Waals surface area contributed by atoms with Crippen molar-refractivity contribution in [3.63, 3.8) is 0 Å². The van der Waals surface area contributed by atoms with Crippen molar-refractivity contribution in [3.05, 3.63) is 29.8 Å². The van der Waals surface area contributed by atoms with Crippen molar-refractivity contribution >= 4 is 23.6 Å². The van der Waals surface area contributed by atoms with Gasteiger partial charge in [-0.15, -0.1) is 11.8 Å². The Morgan fingerprint density at radius 3 is 2.30 bits per heavy atom. The quantitative estimate of drug-likeness (QED) is 0.759. The van der Waals surface area contributed by atoms with E-state index in [0.29, 0.717) is 12.0 Å². The molecule has 0 aromatic heterocycles. The number of carboxylic acid groups (broad SMARTS) is 1. The summed E-state index contributed by atoms with van der Waals surface area (Å²) in [4.78, 5) is 24.1. The molecule has 1 aromatic carbocycles. The number of carbonyl (C=O) groups is 2. The van der Waals surface area contributed by atoms with Crippen LogP contribution in [0.4, 0.5) is 0 Å². The van der Waals surface area contributed by atoms with Crippen molar-refractivity contribution in [3.8, 4) is 0 Å². The Balaban J connectivity index is 2.58. The number of thioether (sulfide) groups is 1. The van der Waals surface area contributed by atoms with Crippen molar-refractivity contribution in [2.75, 3.05) is 12.8 Å². The molecule has 0 saturated carbocycles. The number of carboxylic acids is 1. The lowest BCUT2D eigenvalue weighted by Crippen LogP contribution is -2.33. The highest BCUT2D eigenvalue weighted by Gasteiger charge is 2.19. The molecule has 0 aliphatic heterocycles. The van der Waals surface area contributed by atoms with Crippen LogP contribution in [0.2, 0.25) is 0 Å². The molecule has 1 atom stereocenters. The van der Waals surface area contributed by atoms with E-state index in [1.807, 2.05) is 32.2 Å². The number of nitrogens with one attached hydrogen (secondary N) is 1. The van der Waals surface area contributed by atoms with E-state index in [1.165, 1.54) is 0 Å². The summed E-state index contributed by atoms with van der Waals surface area (Å²) < 4.78 is 0. The molecule has 0 aliphatic carbocycles. The second-order valence-corrected chi connectivity index (χ2v) is 5.98. The molecule has 2 N–H and O–H groups in total. The van der Waals surface area contributed by atoms with Crippen molar-refractivity contribution in [2.45, 2.75) is 25.2 Å². The van der Waals surface area contributed by atoms with E-state index in [9.17, 15) is 9.59 Å². The molecule has 1 aromatic rings. The third-order valence-electron chi connectivity index (χ3n) is 2.97. The molecule has 110 valence electrons. The SMILES string of the molecule is CSc1ccc(C(=O)NCC(CC(C)C)C(=O)O)cc1. The molecular formula is C15H21NO3S. The molecule has 20 heavy (non-hydrogen) atoms. The fourth-order valence-electron chi connectivity index (χ4n) is 1.90. The van der Waals surface area contributed by atoms with Crippen LogP contribution in [-0.4, -0.2) is 29.8 Å². The summed E-state index contributed by atoms with van der Waals surface area (Å²) in [6.45, 7) is 4.11. The Morgan fingerprint density at radius 1 is 1.25 bits per heavy atom. The highest BCUT2D eigenvalue weighted by atomic mass is 32.2. The minimum atomic E-state index is -0.864. The normalized spacial score (nSPS) is 12.2. The topological polar surface area (TPSA) is 66.4 Å². The monoisotopic (exact) mass is 295 g/mol. The third kappa shape index (κ3) is 5.25. The van der Waals surface area contributed by atoms with E-state index in [4.69, 9.17) is 5.11 Å². The molecule has 0 radical (unpaired) electrons. The summed E-state index contributed by atoms with van der Waals surface area (Å²) in [5, 5.41) is 11.8. The van der Waals surface area contributed by atoms with Gasteiger partial charge < -0.3 is 10.4 Å². The Hall–Kier alpha value is -1.49. The Bertz CT molecular complexity index is 457. The molecule has 0 fully saturated rings. The number of hydrogen-bond acceptors (Lipinski definition) is 3. The fraction of sp³-hybridized carbons (Fsp3) is 0.467. The minimum Gasteiger partial charge on any atom is -0.481 e. The average Bonchev–Trinajstić information content (AvgIpc) is 2.42. The molecule has 0 heterocycles. The number of carbonyl (C=O) groups excluding carboxylic acids is 1. The minimum absolute atomic E-state index is 0.163. The van der Waals surface area contributed by atoms with Gasteiger partial charge in [0.05, 0.1) is 5.92 Å². The van der Waals surface area contributed by atoms with Crippen molar-refractivity contribution in [2.24, 2.45) is 11.8 Å². The molecule has 4 nitrogen and oxygen atoms in total. The Morgan fingerprint density at radius 2 is 1.85 bits per heavy atom. The van der Waals surface area contributed by atoms with Crippen LogP contribution in [-0.2, 0) is 4.79 Å². The summed E-state index contributed by atoms with van der Waals surface area (Å²) in [5.41, 5.74) is 0.552. The predicted molar refractivity (Wildman–Crippen MR) is 81.1 cm³/mol. The predicted octanol–water partition coefficient (Wildman–Crippen LogP) is 2.89. The number of benzene rings is 1. The number of aliphatic carboxylic acids is 1. The lowest BCUT2D eigenvalue weighted by molar-refractivity contribution is -0.142. The zero-order chi connectivity index (χ0) is 15.1. The summed E-state index contributed by atoms with van der Waals surface area (Å²) in [6, 6.07) is 7.25. The molecule has 0 bridgehead atoms. The molecule has 1 rings (SSSR count). The van der Waals surface area contributed by atoms with Gasteiger partial charge in [0.1, 0.15) is 0 Å². The average molecular weight is 295 g/mol. The van der Waals surface area contributed by atoms with Gasteiger partial charge in [0, 0.05) is 17.0 Å². The smallest absolute Gasteiger partial charge is 0.308 e. The second kappa shape index (κ2) is 7.94. The lowest BCUT2D eigenvalue weighted by Gasteiger charge is -2.15. The maximum atomic E-state index is 11.9. The van der Waals surface area contributed by atoms with Crippen LogP contribution >= 0.6 is 11.8 Å². The molecule has 0 aliphatic rings. The van der Waals surface area contributed by atoms with Gasteiger partial charge in [0.2, 0.25) is 0 Å². The van der Waals surface area contributed by atoms with E-state index in [-0.39, 0.29) is 18.4 Å². The molecule has 0 saturated heterocycles. The van der Waals surface area contributed by atoms with Crippen LogP contribution in [0.1, 0.15) is 30.6 Å². The molecular weight excluding hydrogens is 274 g/mol. The summed E-state index contributed by atoms with van der Waals surface area (Å²) in [7, 11) is 0. The van der Waals surface area contributed by atoms with Gasteiger partial charge in [0.25, 0.3) is 5.91 Å². The Kier molecular flexibility index (Phi) is 6.58. The molecule has 1 unspecified atom stereocenters. The number of amides is 1. The summed E-state index contributed by atoms with van der Waals surface area (Å²) in [6.07, 6.45) is 2.53. The van der Waals surface area contributed by atoms with Crippen molar-refractivity contribution in [1.82, 2.24) is 5.32 Å². The molecule has 1 amide bonds. The van der Waals surface area contributed by atoms with E-state index in [1.54, 1.807) is 23.9 Å². The second-order valence-electron chi connectivity index (χ2n) is 5.10. The van der Waals surface area contributed by atoms with E-state index < -0.39 is 11.9 Å². The molecule has 0 spiro atoms. The fourth-order valence-corrected chi connectivity index (χ4v) is 2.31. The lowest BCUT2D eigenvalue weighted by atomic mass is 9.97. The van der Waals surface area contributed by atoms with Crippen LogP contribution in [0.5, 0.6) is 0 Å². The van der Waals surface area contributed by atoms with Crippen molar-refractivity contribution in [1.29, 1.82) is 0 Å². The standard InChI is InChI=1S/C15H21NO3S/c1-10(2)8-12(15(18)19)9-16-14(17)11-4-6-13(20-3)7-5-11/h4-7,10,12H,8-9H2,1-3H3,(H,16,17)(H,18,19). The maximum absolute atomic E-state index is 11.9. The van der Waals surface area contributed by atoms with Gasteiger partial charge in [-0.1, -0.05) is 13.8 Å². The first-order valence-corrected chi connectivity index (χ1v) is 7.81. The first-order chi connectivity index (χ1) is 9.43. The molecule has 5 heteroatoms. The highest BCUT2D eigenvalue weighted by molar-refractivity contribution is 7.98. The van der Waals surface area contributed by atoms with Gasteiger partial charge in [-0.05, 0) is 42.9 Å². The zero-order valence-corrected chi connectivity index (χ0v) is 12.9. The van der Waals surface area contributed by atoms with Gasteiger partial charge in [-0.3, -0.25) is 9.59 Å².